The zero-order valence-electron chi connectivity index (χ0n) is 17.7. The highest BCUT2D eigenvalue weighted by molar-refractivity contribution is 5.48. The molecule has 1 aliphatic heterocycles. The van der Waals surface area contributed by atoms with Gasteiger partial charge < -0.3 is 9.47 Å². The summed E-state index contributed by atoms with van der Waals surface area (Å²) in [5.74, 6) is 3.53. The van der Waals surface area contributed by atoms with E-state index >= 15 is 0 Å². The van der Waals surface area contributed by atoms with E-state index in [2.05, 4.69) is 19.9 Å². The fraction of sp³-hybridized carbons (Fsp3) is 0.760. The Bertz CT molecular complexity index is 650. The molecule has 0 amide bonds. The van der Waals surface area contributed by atoms with Gasteiger partial charge in [0.1, 0.15) is 6.10 Å². The molecule has 4 rings (SSSR count). The van der Waals surface area contributed by atoms with Crippen LogP contribution in [0.25, 0.3) is 0 Å². The van der Waals surface area contributed by atoms with Crippen LogP contribution in [-0.4, -0.2) is 12.7 Å². The van der Waals surface area contributed by atoms with Gasteiger partial charge in [-0.1, -0.05) is 52.0 Å². The number of hydrogen-bond donors (Lipinski definition) is 0. The summed E-state index contributed by atoms with van der Waals surface area (Å²) in [5, 5.41) is 0. The van der Waals surface area contributed by atoms with Crippen LogP contribution < -0.4 is 9.47 Å². The molecular weight excluding hydrogens is 351 g/mol. The average molecular weight is 389 g/mol. The third-order valence-corrected chi connectivity index (χ3v) is 7.60. The van der Waals surface area contributed by atoms with Crippen molar-refractivity contribution in [2.24, 2.45) is 17.8 Å². The second-order valence-corrected chi connectivity index (χ2v) is 9.40. The summed E-state index contributed by atoms with van der Waals surface area (Å²) in [6.45, 7) is 4.99. The topological polar surface area (TPSA) is 18.5 Å². The maximum Gasteiger partial charge on any atom is 0.207 e. The van der Waals surface area contributed by atoms with Gasteiger partial charge in [0.15, 0.2) is 11.5 Å². The van der Waals surface area contributed by atoms with Crippen LogP contribution in [-0.2, 0) is 0 Å². The average Bonchev–Trinajstić information content (AvgIpc) is 3.09. The van der Waals surface area contributed by atoms with Crippen LogP contribution in [0.2, 0.25) is 0 Å². The normalized spacial score (nSPS) is 31.8. The lowest BCUT2D eigenvalue weighted by Crippen LogP contribution is -2.33. The molecule has 0 aromatic heterocycles. The Morgan fingerprint density at radius 1 is 1.00 bits per heavy atom. The highest BCUT2D eigenvalue weighted by Crippen LogP contribution is 2.52. The molecule has 0 spiro atoms. The molecule has 1 aromatic rings. The molecule has 156 valence electrons. The minimum absolute atomic E-state index is 0.169. The zero-order valence-corrected chi connectivity index (χ0v) is 17.7. The third kappa shape index (κ3) is 4.04. The van der Waals surface area contributed by atoms with E-state index in [0.29, 0.717) is 24.0 Å². The molecule has 3 aliphatic rings. The van der Waals surface area contributed by atoms with Crippen molar-refractivity contribution in [3.05, 3.63) is 23.5 Å². The van der Waals surface area contributed by atoms with Crippen LogP contribution in [0.4, 0.5) is 4.39 Å². The lowest BCUT2D eigenvalue weighted by atomic mass is 9.67. The van der Waals surface area contributed by atoms with Crippen LogP contribution in [0.5, 0.6) is 11.5 Å². The van der Waals surface area contributed by atoms with Crippen LogP contribution >= 0.6 is 0 Å². The Labute approximate surface area is 170 Å². The summed E-state index contributed by atoms with van der Waals surface area (Å²) < 4.78 is 26.8. The lowest BCUT2D eigenvalue weighted by molar-refractivity contribution is 0.0801. The van der Waals surface area contributed by atoms with Crippen LogP contribution in [0.15, 0.2) is 12.1 Å². The molecule has 1 heterocycles. The molecule has 2 saturated carbocycles. The summed E-state index contributed by atoms with van der Waals surface area (Å²) in [5.41, 5.74) is 1.08. The van der Waals surface area contributed by atoms with Gasteiger partial charge in [-0.3, -0.25) is 0 Å². The first-order chi connectivity index (χ1) is 13.7. The number of unbranched alkanes of at least 4 members (excludes halogenated alkanes) is 1. The maximum absolute atomic E-state index is 15.0. The van der Waals surface area contributed by atoms with E-state index in [1.807, 2.05) is 6.07 Å². The molecule has 0 N–H and O–H groups in total. The minimum atomic E-state index is -0.278. The standard InChI is InChI=1S/C25H37FO2/c1-3-5-15-27-22-14-13-21-20-12-11-19(16-23(20)28-25(21)24(22)26)18-9-7-17(6-4-2)8-10-18/h13-14,17-20,23H,3-12,15-16H2,1-2H3/t17?,18?,19-,20+,23-/m1/s1. The summed E-state index contributed by atoms with van der Waals surface area (Å²) in [4.78, 5) is 0. The van der Waals surface area contributed by atoms with E-state index in [9.17, 15) is 4.39 Å². The SMILES string of the molecule is CCCCOc1ccc2c(c1F)O[C@@H]1C[C@H](C3CCC(CCC)CC3)CC[C@@H]21. The molecule has 2 fully saturated rings. The van der Waals surface area contributed by atoms with Crippen molar-refractivity contribution >= 4 is 0 Å². The first-order valence-corrected chi connectivity index (χ1v) is 11.8. The highest BCUT2D eigenvalue weighted by atomic mass is 19.1. The van der Waals surface area contributed by atoms with Gasteiger partial charge in [-0.25, -0.2) is 0 Å². The number of ether oxygens (including phenoxy) is 2. The first kappa shape index (κ1) is 20.0. The molecule has 3 atom stereocenters. The van der Waals surface area contributed by atoms with E-state index in [0.717, 1.165) is 49.0 Å². The Balaban J connectivity index is 1.38. The van der Waals surface area contributed by atoms with E-state index in [4.69, 9.17) is 9.47 Å². The van der Waals surface area contributed by atoms with Gasteiger partial charge in [-0.15, -0.1) is 0 Å². The summed E-state index contributed by atoms with van der Waals surface area (Å²) >= 11 is 0. The van der Waals surface area contributed by atoms with E-state index in [1.165, 1.54) is 44.9 Å². The van der Waals surface area contributed by atoms with Crippen LogP contribution in [0, 0.1) is 23.6 Å². The molecule has 3 heteroatoms. The van der Waals surface area contributed by atoms with Crippen molar-refractivity contribution in [2.45, 2.75) is 96.5 Å². The van der Waals surface area contributed by atoms with Gasteiger partial charge in [0.2, 0.25) is 5.82 Å². The zero-order chi connectivity index (χ0) is 19.5. The van der Waals surface area contributed by atoms with Gasteiger partial charge in [0.05, 0.1) is 6.61 Å². The van der Waals surface area contributed by atoms with Gasteiger partial charge >= 0.3 is 0 Å². The number of rotatable bonds is 7. The van der Waals surface area contributed by atoms with E-state index in [1.54, 1.807) is 0 Å². The smallest absolute Gasteiger partial charge is 0.207 e. The van der Waals surface area contributed by atoms with Crippen LogP contribution in [0.3, 0.4) is 0 Å². The Morgan fingerprint density at radius 2 is 1.79 bits per heavy atom. The quantitative estimate of drug-likeness (QED) is 0.458. The van der Waals surface area contributed by atoms with E-state index in [-0.39, 0.29) is 11.9 Å². The van der Waals surface area contributed by atoms with Crippen molar-refractivity contribution in [1.82, 2.24) is 0 Å². The molecule has 0 saturated heterocycles. The molecular formula is C25H37FO2. The number of benzene rings is 1. The third-order valence-electron chi connectivity index (χ3n) is 7.60. The highest BCUT2D eigenvalue weighted by Gasteiger charge is 2.43. The Hall–Kier alpha value is -1.25. The van der Waals surface area contributed by atoms with E-state index < -0.39 is 0 Å². The maximum atomic E-state index is 15.0. The fourth-order valence-electron chi connectivity index (χ4n) is 5.98. The predicted octanol–water partition coefficient (Wildman–Crippen LogP) is 7.26. The van der Waals surface area contributed by atoms with Gasteiger partial charge in [0, 0.05) is 11.5 Å². The number of fused-ring (bicyclic) bond motifs is 3. The van der Waals surface area contributed by atoms with Crippen molar-refractivity contribution in [2.75, 3.05) is 6.61 Å². The molecule has 1 aromatic carbocycles. The summed E-state index contributed by atoms with van der Waals surface area (Å²) in [6, 6.07) is 3.87. The second-order valence-electron chi connectivity index (χ2n) is 9.40. The molecule has 2 aliphatic carbocycles. The number of hydrogen-bond acceptors (Lipinski definition) is 2. The first-order valence-electron chi connectivity index (χ1n) is 11.8. The van der Waals surface area contributed by atoms with Gasteiger partial charge in [-0.05, 0) is 62.3 Å². The largest absolute Gasteiger partial charge is 0.490 e. The van der Waals surface area contributed by atoms with Crippen molar-refractivity contribution in [3.63, 3.8) is 0 Å². The van der Waals surface area contributed by atoms with Crippen molar-refractivity contribution in [1.29, 1.82) is 0 Å². The monoisotopic (exact) mass is 388 g/mol. The predicted molar refractivity (Wildman–Crippen MR) is 112 cm³/mol. The molecule has 0 radical (unpaired) electrons. The second kappa shape index (κ2) is 9.05. The molecule has 0 bridgehead atoms. The van der Waals surface area contributed by atoms with Crippen LogP contribution in [0.1, 0.15) is 96.0 Å². The van der Waals surface area contributed by atoms with Gasteiger partial charge in [-0.2, -0.15) is 4.39 Å². The van der Waals surface area contributed by atoms with Crippen molar-refractivity contribution in [3.8, 4) is 11.5 Å². The minimum Gasteiger partial charge on any atom is -0.490 e. The Morgan fingerprint density at radius 3 is 2.54 bits per heavy atom. The summed E-state index contributed by atoms with van der Waals surface area (Å²) in [7, 11) is 0. The van der Waals surface area contributed by atoms with Crippen molar-refractivity contribution < 1.29 is 13.9 Å². The Kier molecular flexibility index (Phi) is 6.48. The molecule has 28 heavy (non-hydrogen) atoms. The lowest BCUT2D eigenvalue weighted by Gasteiger charge is -2.39. The summed E-state index contributed by atoms with van der Waals surface area (Å²) in [6.07, 6.45) is 14.0. The number of halogens is 1. The molecule has 0 unspecified atom stereocenters. The molecule has 2 nitrogen and oxygen atoms in total. The van der Waals surface area contributed by atoms with Gasteiger partial charge in [0.25, 0.3) is 0 Å². The fourth-order valence-corrected chi connectivity index (χ4v) is 5.98.